The Balaban J connectivity index is 1.67. The van der Waals surface area contributed by atoms with Crippen LogP contribution in [-0.2, 0) is 0 Å². The largest absolute Gasteiger partial charge is 0.485 e. The average Bonchev–Trinajstić information content (AvgIpc) is 2.95. The smallest absolute Gasteiger partial charge is 0.231 e. The van der Waals surface area contributed by atoms with Gasteiger partial charge >= 0.3 is 0 Å². The van der Waals surface area contributed by atoms with Crippen molar-refractivity contribution in [2.75, 3.05) is 13.4 Å². The van der Waals surface area contributed by atoms with Crippen molar-refractivity contribution < 1.29 is 23.4 Å². The van der Waals surface area contributed by atoms with Crippen molar-refractivity contribution >= 4 is 17.4 Å². The number of Topliss-reactive ketones (excluding diaryl/α,β-unsaturated/α-hetero) is 1. The standard InChI is InChI=1S/C15H10ClFO4/c16-11-6-10(2-3-12(11)17)19-7-13(18)9-1-4-14-15(5-9)21-8-20-14/h1-6H,7-8H2. The molecule has 0 amide bonds. The Morgan fingerprint density at radius 1 is 1.19 bits per heavy atom. The van der Waals surface area contributed by atoms with Gasteiger partial charge in [0.2, 0.25) is 6.79 Å². The zero-order valence-corrected chi connectivity index (χ0v) is 11.5. The normalized spacial score (nSPS) is 12.3. The summed E-state index contributed by atoms with van der Waals surface area (Å²) in [7, 11) is 0. The first-order valence-electron chi connectivity index (χ1n) is 6.14. The summed E-state index contributed by atoms with van der Waals surface area (Å²) in [6.45, 7) is -0.0286. The van der Waals surface area contributed by atoms with Crippen LogP contribution in [0.15, 0.2) is 36.4 Å². The summed E-state index contributed by atoms with van der Waals surface area (Å²) in [6, 6.07) is 8.83. The molecule has 0 fully saturated rings. The molecule has 108 valence electrons. The molecule has 21 heavy (non-hydrogen) atoms. The monoisotopic (exact) mass is 308 g/mol. The Bertz CT molecular complexity index is 702. The van der Waals surface area contributed by atoms with Gasteiger partial charge < -0.3 is 14.2 Å². The van der Waals surface area contributed by atoms with Gasteiger partial charge in [0, 0.05) is 11.6 Å². The van der Waals surface area contributed by atoms with E-state index in [1.54, 1.807) is 18.2 Å². The van der Waals surface area contributed by atoms with E-state index in [-0.39, 0.29) is 24.2 Å². The lowest BCUT2D eigenvalue weighted by molar-refractivity contribution is 0.0921. The number of ketones is 1. The molecular formula is C15H10ClFO4. The van der Waals surface area contributed by atoms with Gasteiger partial charge in [-0.2, -0.15) is 0 Å². The molecule has 1 aliphatic rings. The molecule has 0 radical (unpaired) electrons. The second kappa shape index (κ2) is 5.61. The van der Waals surface area contributed by atoms with E-state index in [4.69, 9.17) is 25.8 Å². The summed E-state index contributed by atoms with van der Waals surface area (Å²) in [4.78, 5) is 12.0. The van der Waals surface area contributed by atoms with Gasteiger partial charge in [-0.25, -0.2) is 4.39 Å². The molecule has 2 aromatic carbocycles. The molecule has 0 spiro atoms. The Morgan fingerprint density at radius 2 is 2.00 bits per heavy atom. The van der Waals surface area contributed by atoms with E-state index in [1.165, 1.54) is 18.2 Å². The number of halogens is 2. The second-order valence-corrected chi connectivity index (χ2v) is 4.76. The SMILES string of the molecule is O=C(COc1ccc(F)c(Cl)c1)c1ccc2c(c1)OCO2. The quantitative estimate of drug-likeness (QED) is 0.811. The zero-order chi connectivity index (χ0) is 14.8. The fraction of sp³-hybridized carbons (Fsp3) is 0.133. The molecule has 0 atom stereocenters. The zero-order valence-electron chi connectivity index (χ0n) is 10.8. The lowest BCUT2D eigenvalue weighted by Gasteiger charge is -2.07. The van der Waals surface area contributed by atoms with Crippen LogP contribution in [-0.4, -0.2) is 19.2 Å². The predicted molar refractivity (Wildman–Crippen MR) is 73.8 cm³/mol. The van der Waals surface area contributed by atoms with E-state index >= 15 is 0 Å². The van der Waals surface area contributed by atoms with Crippen LogP contribution in [0.5, 0.6) is 17.2 Å². The molecule has 0 aliphatic carbocycles. The Labute approximate surface area is 125 Å². The summed E-state index contributed by atoms with van der Waals surface area (Å²) >= 11 is 5.64. The third-order valence-corrected chi connectivity index (χ3v) is 3.25. The van der Waals surface area contributed by atoms with Crippen molar-refractivity contribution in [2.45, 2.75) is 0 Å². The van der Waals surface area contributed by atoms with Gasteiger partial charge in [-0.1, -0.05) is 11.6 Å². The minimum Gasteiger partial charge on any atom is -0.485 e. The summed E-state index contributed by atoms with van der Waals surface area (Å²) in [6.07, 6.45) is 0. The Morgan fingerprint density at radius 3 is 2.81 bits per heavy atom. The number of hydrogen-bond acceptors (Lipinski definition) is 4. The number of benzene rings is 2. The summed E-state index contributed by atoms with van der Waals surface area (Å²) in [5.74, 6) is 0.707. The Kier molecular flexibility index (Phi) is 3.66. The van der Waals surface area contributed by atoms with Crippen molar-refractivity contribution in [1.29, 1.82) is 0 Å². The average molecular weight is 309 g/mol. The molecule has 0 saturated carbocycles. The molecule has 0 saturated heterocycles. The van der Waals surface area contributed by atoms with Crippen LogP contribution in [0, 0.1) is 5.82 Å². The minimum atomic E-state index is -0.536. The first-order chi connectivity index (χ1) is 10.1. The maximum Gasteiger partial charge on any atom is 0.231 e. The summed E-state index contributed by atoms with van der Waals surface area (Å²) in [5.41, 5.74) is 0.451. The Hall–Kier alpha value is -2.27. The fourth-order valence-electron chi connectivity index (χ4n) is 1.87. The highest BCUT2D eigenvalue weighted by atomic mass is 35.5. The van der Waals surface area contributed by atoms with E-state index in [0.29, 0.717) is 22.8 Å². The van der Waals surface area contributed by atoms with Gasteiger partial charge in [0.05, 0.1) is 5.02 Å². The summed E-state index contributed by atoms with van der Waals surface area (Å²) in [5, 5.41) is -0.0528. The van der Waals surface area contributed by atoms with Crippen LogP contribution in [0.3, 0.4) is 0 Å². The lowest BCUT2D eigenvalue weighted by atomic mass is 10.1. The van der Waals surface area contributed by atoms with Crippen molar-refractivity contribution in [3.05, 3.63) is 52.8 Å². The molecule has 2 aromatic rings. The fourth-order valence-corrected chi connectivity index (χ4v) is 2.04. The van der Waals surface area contributed by atoms with E-state index in [2.05, 4.69) is 0 Å². The van der Waals surface area contributed by atoms with Crippen LogP contribution in [0.4, 0.5) is 4.39 Å². The third kappa shape index (κ3) is 2.92. The topological polar surface area (TPSA) is 44.8 Å². The molecule has 3 rings (SSSR count). The van der Waals surface area contributed by atoms with Gasteiger partial charge in [0.1, 0.15) is 11.6 Å². The van der Waals surface area contributed by atoms with Crippen molar-refractivity contribution in [3.8, 4) is 17.2 Å². The first kappa shape index (κ1) is 13.7. The number of rotatable bonds is 4. The van der Waals surface area contributed by atoms with Crippen molar-refractivity contribution in [3.63, 3.8) is 0 Å². The van der Waals surface area contributed by atoms with Crippen LogP contribution in [0.2, 0.25) is 5.02 Å². The number of carbonyl (C=O) groups excluding carboxylic acids is 1. The van der Waals surface area contributed by atoms with Gasteiger partial charge in [-0.15, -0.1) is 0 Å². The van der Waals surface area contributed by atoms with Gasteiger partial charge in [0.25, 0.3) is 0 Å². The van der Waals surface area contributed by atoms with Crippen LogP contribution >= 0.6 is 11.6 Å². The highest BCUT2D eigenvalue weighted by Crippen LogP contribution is 2.32. The van der Waals surface area contributed by atoms with E-state index in [1.807, 2.05) is 0 Å². The molecule has 0 bridgehead atoms. The van der Waals surface area contributed by atoms with Gasteiger partial charge in [-0.05, 0) is 30.3 Å². The molecule has 6 heteroatoms. The molecule has 0 unspecified atom stereocenters. The molecular weight excluding hydrogens is 299 g/mol. The maximum absolute atomic E-state index is 13.0. The predicted octanol–water partition coefficient (Wildman–Crippen LogP) is 3.47. The summed E-state index contributed by atoms with van der Waals surface area (Å²) < 4.78 is 28.7. The number of fused-ring (bicyclic) bond motifs is 1. The highest BCUT2D eigenvalue weighted by Gasteiger charge is 2.16. The maximum atomic E-state index is 13.0. The number of carbonyl (C=O) groups is 1. The molecule has 0 N–H and O–H groups in total. The first-order valence-corrected chi connectivity index (χ1v) is 6.52. The van der Waals surface area contributed by atoms with E-state index < -0.39 is 5.82 Å². The number of hydrogen-bond donors (Lipinski definition) is 0. The third-order valence-electron chi connectivity index (χ3n) is 2.96. The lowest BCUT2D eigenvalue weighted by Crippen LogP contribution is -2.11. The molecule has 1 aliphatic heterocycles. The van der Waals surface area contributed by atoms with Crippen molar-refractivity contribution in [1.82, 2.24) is 0 Å². The van der Waals surface area contributed by atoms with Crippen LogP contribution in [0.25, 0.3) is 0 Å². The highest BCUT2D eigenvalue weighted by molar-refractivity contribution is 6.30. The molecule has 1 heterocycles. The minimum absolute atomic E-state index is 0.0528. The van der Waals surface area contributed by atoms with Crippen LogP contribution < -0.4 is 14.2 Å². The van der Waals surface area contributed by atoms with Gasteiger partial charge in [-0.3, -0.25) is 4.79 Å². The molecule has 4 nitrogen and oxygen atoms in total. The molecule has 0 aromatic heterocycles. The van der Waals surface area contributed by atoms with E-state index in [0.717, 1.165) is 0 Å². The van der Waals surface area contributed by atoms with Crippen molar-refractivity contribution in [2.24, 2.45) is 0 Å². The number of ether oxygens (including phenoxy) is 3. The van der Waals surface area contributed by atoms with Gasteiger partial charge in [0.15, 0.2) is 23.9 Å². The second-order valence-electron chi connectivity index (χ2n) is 4.36. The van der Waals surface area contributed by atoms with E-state index in [9.17, 15) is 9.18 Å². The van der Waals surface area contributed by atoms with Crippen LogP contribution in [0.1, 0.15) is 10.4 Å².